The van der Waals surface area contributed by atoms with E-state index in [-0.39, 0.29) is 12.4 Å². The Bertz CT molecular complexity index is 293. The maximum Gasteiger partial charge on any atom is -0.147 e. The normalized spacial score (nSPS) is 9.13. The molecule has 0 bridgehead atoms. The van der Waals surface area contributed by atoms with Crippen molar-refractivity contribution in [3.63, 3.8) is 0 Å². The standard InChI is InChI=1S/C10H13O3.ClH.Zn/c1-7-5-8(11-2)10(13-4)9(6-7)12-3;;/h5-6H,1H2,2-4H3;1H;. The van der Waals surface area contributed by atoms with Gasteiger partial charge in [0.05, 0.1) is 0 Å². The molecule has 0 fully saturated rings. The molecular formula is C10H14ClO3Zn. The zero-order chi connectivity index (χ0) is 10.6. The first-order valence-electron chi connectivity index (χ1n) is 4.35. The van der Waals surface area contributed by atoms with Gasteiger partial charge in [0.1, 0.15) is 0 Å². The Hall–Kier alpha value is -0.467. The predicted octanol–water partition coefficient (Wildman–Crippen LogP) is 2.18. The zero-order valence-corrected chi connectivity index (χ0v) is 13.0. The molecule has 0 aliphatic rings. The molecule has 1 aromatic rings. The molecule has 15 heavy (non-hydrogen) atoms. The summed E-state index contributed by atoms with van der Waals surface area (Å²) in [5, 5.41) is 1.07. The van der Waals surface area contributed by atoms with E-state index in [9.17, 15) is 0 Å². The molecule has 0 saturated carbocycles. The molecular weight excluding hydrogens is 269 g/mol. The van der Waals surface area contributed by atoms with Gasteiger partial charge in [-0.3, -0.25) is 0 Å². The average molecular weight is 283 g/mol. The number of benzene rings is 1. The minimum absolute atomic E-state index is 0. The van der Waals surface area contributed by atoms with E-state index in [1.807, 2.05) is 12.1 Å². The Morgan fingerprint density at radius 1 is 1.00 bits per heavy atom. The summed E-state index contributed by atoms with van der Waals surface area (Å²) in [6.45, 7) is 0. The van der Waals surface area contributed by atoms with Gasteiger partial charge in [0.2, 0.25) is 0 Å². The van der Waals surface area contributed by atoms with E-state index in [4.69, 9.17) is 14.2 Å². The van der Waals surface area contributed by atoms with Crippen LogP contribution in [0.4, 0.5) is 0 Å². The molecule has 0 N–H and O–H groups in total. The van der Waals surface area contributed by atoms with Gasteiger partial charge in [-0.05, 0) is 0 Å². The Kier molecular flexibility index (Phi) is 6.70. The molecule has 0 amide bonds. The van der Waals surface area contributed by atoms with Gasteiger partial charge in [0.25, 0.3) is 0 Å². The first-order chi connectivity index (χ1) is 6.76. The van der Waals surface area contributed by atoms with Gasteiger partial charge in [-0.2, -0.15) is 0 Å². The Labute approximate surface area is 106 Å². The van der Waals surface area contributed by atoms with Crippen LogP contribution in [0.1, 0.15) is 5.56 Å². The van der Waals surface area contributed by atoms with Crippen LogP contribution in [0.5, 0.6) is 17.2 Å². The minimum atomic E-state index is 0. The largest absolute Gasteiger partial charge is 0.147 e. The summed E-state index contributed by atoms with van der Waals surface area (Å²) in [6.07, 6.45) is 0. The fraction of sp³-hybridized carbons (Fsp3) is 0.400. The summed E-state index contributed by atoms with van der Waals surface area (Å²) in [6, 6.07) is 3.98. The van der Waals surface area contributed by atoms with Gasteiger partial charge in [-0.25, -0.2) is 0 Å². The summed E-state index contributed by atoms with van der Waals surface area (Å²) in [7, 11) is 4.87. The quantitative estimate of drug-likeness (QED) is 0.793. The molecule has 3 nitrogen and oxygen atoms in total. The van der Waals surface area contributed by atoms with E-state index in [2.05, 4.69) is 0 Å². The molecule has 5 heteroatoms. The number of methoxy groups -OCH3 is 3. The maximum absolute atomic E-state index is 5.23. The number of hydrogen-bond acceptors (Lipinski definition) is 3. The molecule has 81 valence electrons. The summed E-state index contributed by atoms with van der Waals surface area (Å²) < 4.78 is 15.7. The van der Waals surface area contributed by atoms with Gasteiger partial charge in [0, 0.05) is 0 Å². The number of rotatable bonds is 4. The van der Waals surface area contributed by atoms with Crippen molar-refractivity contribution in [2.24, 2.45) is 0 Å². The van der Waals surface area contributed by atoms with Crippen molar-refractivity contribution in [3.05, 3.63) is 17.7 Å². The van der Waals surface area contributed by atoms with Crippen LogP contribution in [0.3, 0.4) is 0 Å². The third kappa shape index (κ3) is 3.25. The van der Waals surface area contributed by atoms with E-state index < -0.39 is 0 Å². The molecule has 0 heterocycles. The van der Waals surface area contributed by atoms with Crippen molar-refractivity contribution in [3.8, 4) is 17.2 Å². The van der Waals surface area contributed by atoms with E-state index in [1.54, 1.807) is 21.3 Å². The summed E-state index contributed by atoms with van der Waals surface area (Å²) >= 11 is 1.22. The first kappa shape index (κ1) is 14.5. The number of hydrogen-bond donors (Lipinski definition) is 0. The van der Waals surface area contributed by atoms with Crippen molar-refractivity contribution in [2.45, 2.75) is 5.02 Å². The maximum atomic E-state index is 5.23. The van der Waals surface area contributed by atoms with Crippen molar-refractivity contribution in [1.82, 2.24) is 0 Å². The zero-order valence-electron chi connectivity index (χ0n) is 9.20. The average Bonchev–Trinajstić information content (AvgIpc) is 2.26. The minimum Gasteiger partial charge on any atom is -0.147 e. The van der Waals surface area contributed by atoms with Crippen LogP contribution < -0.4 is 14.2 Å². The smallest absolute Gasteiger partial charge is 0.147 e. The van der Waals surface area contributed by atoms with Crippen LogP contribution in [0, 0.1) is 0 Å². The topological polar surface area (TPSA) is 27.7 Å². The van der Waals surface area contributed by atoms with Gasteiger partial charge in [-0.15, -0.1) is 12.4 Å². The van der Waals surface area contributed by atoms with Crippen LogP contribution in [-0.4, -0.2) is 21.3 Å². The summed E-state index contributed by atoms with van der Waals surface area (Å²) in [4.78, 5) is 0. The van der Waals surface area contributed by atoms with Crippen molar-refractivity contribution in [1.29, 1.82) is 0 Å². The summed E-state index contributed by atoms with van der Waals surface area (Å²) in [5.74, 6) is 2.12. The van der Waals surface area contributed by atoms with Crippen LogP contribution in [-0.2, 0) is 23.3 Å². The molecule has 0 unspecified atom stereocenters. The SMILES string of the molecule is COc1cc([CH2][Zn])cc(OC)c1OC.Cl. The van der Waals surface area contributed by atoms with E-state index >= 15 is 0 Å². The molecule has 0 saturated heterocycles. The molecule has 0 atom stereocenters. The fourth-order valence-corrected chi connectivity index (χ4v) is 1.89. The second kappa shape index (κ2) is 6.92. The number of ether oxygens (including phenoxy) is 3. The van der Waals surface area contributed by atoms with E-state index in [0.29, 0.717) is 5.75 Å². The van der Waals surface area contributed by atoms with E-state index in [0.717, 1.165) is 16.5 Å². The monoisotopic (exact) mass is 281 g/mol. The molecule has 1 aromatic carbocycles. The van der Waals surface area contributed by atoms with Crippen LogP contribution in [0.15, 0.2) is 12.1 Å². The van der Waals surface area contributed by atoms with Gasteiger partial charge in [-0.1, -0.05) is 0 Å². The predicted molar refractivity (Wildman–Crippen MR) is 57.1 cm³/mol. The van der Waals surface area contributed by atoms with Crippen LogP contribution in [0.2, 0.25) is 0 Å². The van der Waals surface area contributed by atoms with E-state index in [1.165, 1.54) is 23.9 Å². The van der Waals surface area contributed by atoms with Crippen LogP contribution in [0.25, 0.3) is 0 Å². The van der Waals surface area contributed by atoms with Crippen molar-refractivity contribution < 1.29 is 32.5 Å². The Balaban J connectivity index is 0.00000196. The van der Waals surface area contributed by atoms with Crippen LogP contribution >= 0.6 is 12.4 Å². The number of halogens is 1. The third-order valence-electron chi connectivity index (χ3n) is 2.01. The third-order valence-corrected chi connectivity index (χ3v) is 3.22. The van der Waals surface area contributed by atoms with Gasteiger partial charge >= 0.3 is 93.8 Å². The van der Waals surface area contributed by atoms with Gasteiger partial charge < -0.3 is 0 Å². The first-order valence-corrected chi connectivity index (χ1v) is 6.44. The van der Waals surface area contributed by atoms with Gasteiger partial charge in [0.15, 0.2) is 0 Å². The Morgan fingerprint density at radius 3 is 1.73 bits per heavy atom. The molecule has 0 aromatic heterocycles. The second-order valence-electron chi connectivity index (χ2n) is 2.78. The molecule has 0 spiro atoms. The van der Waals surface area contributed by atoms with Crippen molar-refractivity contribution in [2.75, 3.05) is 21.3 Å². The summed E-state index contributed by atoms with van der Waals surface area (Å²) in [5.41, 5.74) is 1.22. The Morgan fingerprint density at radius 2 is 1.47 bits per heavy atom. The fourth-order valence-electron chi connectivity index (χ4n) is 1.28. The van der Waals surface area contributed by atoms with Crippen molar-refractivity contribution >= 4 is 12.4 Å². The molecule has 0 radical (unpaired) electrons. The molecule has 0 aliphatic heterocycles. The second-order valence-corrected chi connectivity index (χ2v) is 3.83. The molecule has 1 rings (SSSR count). The molecule has 0 aliphatic carbocycles.